The summed E-state index contributed by atoms with van der Waals surface area (Å²) in [5.41, 5.74) is 13.7. The lowest BCUT2D eigenvalue weighted by molar-refractivity contribution is 0.660. The van der Waals surface area contributed by atoms with E-state index in [2.05, 4.69) is 195 Å². The quantitative estimate of drug-likeness (QED) is 0.162. The molecule has 1 nitrogen and oxygen atoms in total. The lowest BCUT2D eigenvalue weighted by Crippen LogP contribution is -2.16. The fourth-order valence-electron chi connectivity index (χ4n) is 9.15. The van der Waals surface area contributed by atoms with Gasteiger partial charge in [-0.15, -0.1) is 11.3 Å². The Hall–Kier alpha value is -6.22. The van der Waals surface area contributed by atoms with E-state index in [0.717, 1.165) is 11.4 Å². The first-order valence-electron chi connectivity index (χ1n) is 18.4. The van der Waals surface area contributed by atoms with E-state index in [0.29, 0.717) is 0 Å². The van der Waals surface area contributed by atoms with Crippen LogP contribution in [-0.4, -0.2) is 0 Å². The number of benzene rings is 9. The highest BCUT2D eigenvalue weighted by Gasteiger charge is 2.37. The summed E-state index contributed by atoms with van der Waals surface area (Å²) >= 11 is 1.90. The highest BCUT2D eigenvalue weighted by molar-refractivity contribution is 7.26. The van der Waals surface area contributed by atoms with E-state index in [9.17, 15) is 0 Å². The molecular weight excluding hydrogens is 659 g/mol. The Bertz CT molecular complexity index is 3010. The predicted molar refractivity (Wildman–Crippen MR) is 229 cm³/mol. The molecule has 11 rings (SSSR count). The van der Waals surface area contributed by atoms with Crippen molar-refractivity contribution in [3.63, 3.8) is 0 Å². The van der Waals surface area contributed by atoms with Crippen molar-refractivity contribution in [3.8, 4) is 33.4 Å². The van der Waals surface area contributed by atoms with Gasteiger partial charge in [-0.05, 0) is 103 Å². The summed E-state index contributed by atoms with van der Waals surface area (Å²) in [5.74, 6) is 0. The Kier molecular flexibility index (Phi) is 6.53. The van der Waals surface area contributed by atoms with Crippen LogP contribution in [-0.2, 0) is 5.41 Å². The van der Waals surface area contributed by atoms with Crippen LogP contribution >= 0.6 is 11.3 Å². The fourth-order valence-corrected chi connectivity index (χ4v) is 10.3. The van der Waals surface area contributed by atoms with E-state index in [-0.39, 0.29) is 5.41 Å². The molecule has 0 bridgehead atoms. The monoisotopic (exact) mass is 693 g/mol. The third kappa shape index (κ3) is 4.43. The van der Waals surface area contributed by atoms with E-state index in [1.807, 2.05) is 11.3 Å². The van der Waals surface area contributed by atoms with E-state index in [1.165, 1.54) is 91.9 Å². The first-order valence-corrected chi connectivity index (χ1v) is 19.3. The standard InChI is InChI=1S/C51H35NS/c1-51(2)42-21-11-19-37(34-15-7-4-8-16-34)47(42)41-28-27-36(31-43(41)51)52(35-25-23-33(24-26-35)32-13-5-3-6-14-32)44-29-30-46-50-48(44)39-18-10-9-17-38(39)40-20-12-22-45(53-46)49(40)50/h3-31H,1-2H3. The van der Waals surface area contributed by atoms with Crippen molar-refractivity contribution in [2.45, 2.75) is 19.3 Å². The van der Waals surface area contributed by atoms with Gasteiger partial charge in [0.2, 0.25) is 0 Å². The van der Waals surface area contributed by atoms with Crippen LogP contribution < -0.4 is 4.90 Å². The molecule has 0 spiro atoms. The summed E-state index contributed by atoms with van der Waals surface area (Å²) in [6.45, 7) is 4.78. The number of hydrogen-bond donors (Lipinski definition) is 0. The molecule has 9 aromatic carbocycles. The van der Waals surface area contributed by atoms with Gasteiger partial charge < -0.3 is 4.90 Å². The summed E-state index contributed by atoms with van der Waals surface area (Å²) in [6, 6.07) is 65.2. The van der Waals surface area contributed by atoms with Gasteiger partial charge in [-0.3, -0.25) is 0 Å². The van der Waals surface area contributed by atoms with E-state index in [1.54, 1.807) is 0 Å². The average molecular weight is 694 g/mol. The van der Waals surface area contributed by atoms with Gasteiger partial charge in [0, 0.05) is 42.3 Å². The number of fused-ring (bicyclic) bond motifs is 6. The molecule has 53 heavy (non-hydrogen) atoms. The van der Waals surface area contributed by atoms with Crippen LogP contribution in [0.5, 0.6) is 0 Å². The van der Waals surface area contributed by atoms with Gasteiger partial charge in [0.05, 0.1) is 5.69 Å². The first-order chi connectivity index (χ1) is 26.1. The molecule has 0 fully saturated rings. The Morgan fingerprint density at radius 2 is 1.04 bits per heavy atom. The van der Waals surface area contributed by atoms with Crippen LogP contribution in [0, 0.1) is 0 Å². The zero-order chi connectivity index (χ0) is 35.3. The molecule has 1 aliphatic rings. The second-order valence-electron chi connectivity index (χ2n) is 14.9. The van der Waals surface area contributed by atoms with Gasteiger partial charge in [0.25, 0.3) is 0 Å². The minimum atomic E-state index is -0.169. The summed E-state index contributed by atoms with van der Waals surface area (Å²) in [5, 5.41) is 7.98. The lowest BCUT2D eigenvalue weighted by Gasteiger charge is -2.29. The largest absolute Gasteiger partial charge is 0.310 e. The Morgan fingerprint density at radius 1 is 0.415 bits per heavy atom. The highest BCUT2D eigenvalue weighted by Crippen LogP contribution is 2.55. The van der Waals surface area contributed by atoms with Gasteiger partial charge in [-0.2, -0.15) is 0 Å². The van der Waals surface area contributed by atoms with Gasteiger partial charge in [-0.25, -0.2) is 0 Å². The van der Waals surface area contributed by atoms with Crippen LogP contribution in [0.25, 0.3) is 75.1 Å². The van der Waals surface area contributed by atoms with Crippen molar-refractivity contribution in [1.82, 2.24) is 0 Å². The normalized spacial score (nSPS) is 13.2. The van der Waals surface area contributed by atoms with Crippen LogP contribution in [0.4, 0.5) is 17.1 Å². The maximum absolute atomic E-state index is 2.51. The molecule has 1 heterocycles. The van der Waals surface area contributed by atoms with Crippen molar-refractivity contribution < 1.29 is 0 Å². The molecule has 0 atom stereocenters. The van der Waals surface area contributed by atoms with Crippen LogP contribution in [0.2, 0.25) is 0 Å². The number of anilines is 3. The lowest BCUT2D eigenvalue weighted by atomic mass is 9.81. The fraction of sp³-hybridized carbons (Fsp3) is 0.0588. The van der Waals surface area contributed by atoms with Crippen molar-refractivity contribution in [2.75, 3.05) is 4.90 Å². The topological polar surface area (TPSA) is 3.24 Å². The Labute approximate surface area is 313 Å². The number of hydrogen-bond acceptors (Lipinski definition) is 2. The summed E-state index contributed by atoms with van der Waals surface area (Å²) in [7, 11) is 0. The molecule has 1 aromatic heterocycles. The molecule has 0 saturated carbocycles. The predicted octanol–water partition coefficient (Wildman–Crippen LogP) is 14.9. The second kappa shape index (κ2) is 11.4. The molecule has 0 aliphatic heterocycles. The number of rotatable bonds is 5. The van der Waals surface area contributed by atoms with Gasteiger partial charge >= 0.3 is 0 Å². The molecule has 0 radical (unpaired) electrons. The van der Waals surface area contributed by atoms with Crippen molar-refractivity contribution >= 4 is 70.1 Å². The van der Waals surface area contributed by atoms with Crippen LogP contribution in [0.15, 0.2) is 176 Å². The smallest absolute Gasteiger partial charge is 0.0547 e. The van der Waals surface area contributed by atoms with Gasteiger partial charge in [0.15, 0.2) is 0 Å². The first kappa shape index (κ1) is 30.4. The molecule has 0 unspecified atom stereocenters. The van der Waals surface area contributed by atoms with E-state index >= 15 is 0 Å². The minimum absolute atomic E-state index is 0.169. The van der Waals surface area contributed by atoms with Gasteiger partial charge in [0.1, 0.15) is 0 Å². The summed E-state index contributed by atoms with van der Waals surface area (Å²) in [4.78, 5) is 2.51. The molecule has 1 aliphatic carbocycles. The van der Waals surface area contributed by atoms with Crippen LogP contribution in [0.1, 0.15) is 25.0 Å². The van der Waals surface area contributed by atoms with Crippen molar-refractivity contribution in [3.05, 3.63) is 187 Å². The zero-order valence-corrected chi connectivity index (χ0v) is 30.4. The van der Waals surface area contributed by atoms with E-state index < -0.39 is 0 Å². The third-order valence-electron chi connectivity index (χ3n) is 11.6. The van der Waals surface area contributed by atoms with Crippen molar-refractivity contribution in [1.29, 1.82) is 0 Å². The minimum Gasteiger partial charge on any atom is -0.310 e. The Morgan fingerprint density at radius 3 is 1.83 bits per heavy atom. The Balaban J connectivity index is 1.18. The summed E-state index contributed by atoms with van der Waals surface area (Å²) in [6.07, 6.45) is 0. The average Bonchev–Trinajstić information content (AvgIpc) is 3.71. The molecule has 0 saturated heterocycles. The maximum Gasteiger partial charge on any atom is 0.0547 e. The highest BCUT2D eigenvalue weighted by atomic mass is 32.1. The molecule has 0 amide bonds. The SMILES string of the molecule is CC1(C)c2cc(N(c3ccc(-c4ccccc4)cc3)c3ccc4sc5cccc6c7ccccc7c3c4c56)ccc2-c2c(-c3ccccc3)cccc21. The zero-order valence-electron chi connectivity index (χ0n) is 29.6. The van der Waals surface area contributed by atoms with Gasteiger partial charge in [-0.1, -0.05) is 147 Å². The maximum atomic E-state index is 2.51. The second-order valence-corrected chi connectivity index (χ2v) is 15.9. The summed E-state index contributed by atoms with van der Waals surface area (Å²) < 4.78 is 2.68. The molecule has 10 aromatic rings. The third-order valence-corrected chi connectivity index (χ3v) is 12.7. The van der Waals surface area contributed by atoms with E-state index in [4.69, 9.17) is 0 Å². The number of nitrogens with zero attached hydrogens (tertiary/aromatic N) is 1. The number of thiophene rings is 1. The van der Waals surface area contributed by atoms with Crippen LogP contribution in [0.3, 0.4) is 0 Å². The molecule has 250 valence electrons. The molecular formula is C51H35NS. The molecule has 2 heteroatoms. The molecule has 0 N–H and O–H groups in total. The van der Waals surface area contributed by atoms with Crippen molar-refractivity contribution in [2.24, 2.45) is 0 Å².